The highest BCUT2D eigenvalue weighted by molar-refractivity contribution is 4.91. The van der Waals surface area contributed by atoms with Crippen molar-refractivity contribution in [2.45, 2.75) is 83.0 Å². The summed E-state index contributed by atoms with van der Waals surface area (Å²) in [7, 11) is 0. The topological polar surface area (TPSA) is 21.3 Å². The molecule has 0 bridgehead atoms. The molecule has 1 spiro atoms. The van der Waals surface area contributed by atoms with Crippen LogP contribution in [0.2, 0.25) is 0 Å². The zero-order valence-electron chi connectivity index (χ0n) is 10.9. The molecule has 2 fully saturated rings. The Morgan fingerprint density at radius 1 is 1.25 bits per heavy atom. The van der Waals surface area contributed by atoms with Gasteiger partial charge < -0.3 is 10.1 Å². The normalized spacial score (nSPS) is 30.8. The van der Waals surface area contributed by atoms with Gasteiger partial charge in [0.25, 0.3) is 0 Å². The second-order valence-corrected chi connectivity index (χ2v) is 5.74. The molecule has 2 unspecified atom stereocenters. The molecule has 2 heteroatoms. The second-order valence-electron chi connectivity index (χ2n) is 5.74. The third kappa shape index (κ3) is 2.98. The van der Waals surface area contributed by atoms with Gasteiger partial charge >= 0.3 is 0 Å². The van der Waals surface area contributed by atoms with E-state index in [1.165, 1.54) is 51.4 Å². The first-order valence-corrected chi connectivity index (χ1v) is 7.15. The van der Waals surface area contributed by atoms with Crippen molar-refractivity contribution in [1.29, 1.82) is 0 Å². The van der Waals surface area contributed by atoms with Crippen LogP contribution < -0.4 is 5.32 Å². The minimum absolute atomic E-state index is 0.292. The Hall–Kier alpha value is -0.0800. The van der Waals surface area contributed by atoms with Gasteiger partial charge in [0.05, 0.1) is 11.7 Å². The van der Waals surface area contributed by atoms with Crippen molar-refractivity contribution in [1.82, 2.24) is 5.32 Å². The molecule has 1 saturated heterocycles. The summed E-state index contributed by atoms with van der Waals surface area (Å²) in [6.07, 6.45) is 11.1. The average molecular weight is 225 g/mol. The van der Waals surface area contributed by atoms with Crippen LogP contribution in [0.25, 0.3) is 0 Å². The van der Waals surface area contributed by atoms with Gasteiger partial charge in [-0.05, 0) is 39.0 Å². The van der Waals surface area contributed by atoms with Crippen LogP contribution in [0, 0.1) is 0 Å². The Kier molecular flexibility index (Phi) is 4.26. The van der Waals surface area contributed by atoms with Gasteiger partial charge in [0.2, 0.25) is 0 Å². The van der Waals surface area contributed by atoms with Crippen molar-refractivity contribution < 1.29 is 4.74 Å². The van der Waals surface area contributed by atoms with E-state index in [0.29, 0.717) is 17.7 Å². The van der Waals surface area contributed by atoms with Crippen LogP contribution in [0.4, 0.5) is 0 Å². The molecule has 2 rings (SSSR count). The van der Waals surface area contributed by atoms with Crippen molar-refractivity contribution in [2.75, 3.05) is 6.54 Å². The van der Waals surface area contributed by atoms with Gasteiger partial charge in [-0.25, -0.2) is 0 Å². The van der Waals surface area contributed by atoms with Gasteiger partial charge in [0.1, 0.15) is 0 Å². The highest BCUT2D eigenvalue weighted by Crippen LogP contribution is 2.41. The fraction of sp³-hybridized carbons (Fsp3) is 1.00. The lowest BCUT2D eigenvalue weighted by Crippen LogP contribution is -2.37. The lowest BCUT2D eigenvalue weighted by molar-refractivity contribution is -0.0628. The highest BCUT2D eigenvalue weighted by atomic mass is 16.5. The van der Waals surface area contributed by atoms with Crippen molar-refractivity contribution in [2.24, 2.45) is 0 Å². The molecule has 1 heterocycles. The zero-order chi connectivity index (χ0) is 11.4. The van der Waals surface area contributed by atoms with E-state index in [1.54, 1.807) is 0 Å². The molecule has 16 heavy (non-hydrogen) atoms. The SMILES string of the molecule is CCC(C)NCC1CCC2(CCCCC2)O1. The number of hydrogen-bond donors (Lipinski definition) is 1. The smallest absolute Gasteiger partial charge is 0.0708 e. The van der Waals surface area contributed by atoms with E-state index in [-0.39, 0.29) is 0 Å². The molecule has 1 saturated carbocycles. The Bertz CT molecular complexity index is 211. The van der Waals surface area contributed by atoms with E-state index in [4.69, 9.17) is 4.74 Å². The summed E-state index contributed by atoms with van der Waals surface area (Å²) in [4.78, 5) is 0. The van der Waals surface area contributed by atoms with E-state index in [1.807, 2.05) is 0 Å². The Balaban J connectivity index is 1.74. The Morgan fingerprint density at radius 2 is 2.00 bits per heavy atom. The fourth-order valence-electron chi connectivity index (χ4n) is 3.08. The van der Waals surface area contributed by atoms with Crippen LogP contribution in [-0.4, -0.2) is 24.3 Å². The molecule has 0 radical (unpaired) electrons. The van der Waals surface area contributed by atoms with Crippen molar-refractivity contribution in [3.8, 4) is 0 Å². The van der Waals surface area contributed by atoms with Crippen molar-refractivity contribution >= 4 is 0 Å². The van der Waals surface area contributed by atoms with Gasteiger partial charge in [-0.2, -0.15) is 0 Å². The van der Waals surface area contributed by atoms with Crippen LogP contribution in [-0.2, 0) is 4.74 Å². The van der Waals surface area contributed by atoms with Gasteiger partial charge in [0.15, 0.2) is 0 Å². The number of ether oxygens (including phenoxy) is 1. The first-order chi connectivity index (χ1) is 7.74. The van der Waals surface area contributed by atoms with Crippen molar-refractivity contribution in [3.63, 3.8) is 0 Å². The highest BCUT2D eigenvalue weighted by Gasteiger charge is 2.40. The quantitative estimate of drug-likeness (QED) is 0.793. The maximum absolute atomic E-state index is 6.32. The monoisotopic (exact) mass is 225 g/mol. The number of rotatable bonds is 4. The third-order valence-electron chi connectivity index (χ3n) is 4.41. The molecule has 0 aromatic heterocycles. The lowest BCUT2D eigenvalue weighted by Gasteiger charge is -2.33. The zero-order valence-corrected chi connectivity index (χ0v) is 10.9. The molecule has 0 amide bonds. The Labute approximate surface area is 100 Å². The van der Waals surface area contributed by atoms with Crippen LogP contribution >= 0.6 is 0 Å². The van der Waals surface area contributed by atoms with Gasteiger partial charge in [-0.15, -0.1) is 0 Å². The molecular formula is C14H27NO. The van der Waals surface area contributed by atoms with Gasteiger partial charge in [-0.3, -0.25) is 0 Å². The summed E-state index contributed by atoms with van der Waals surface area (Å²) in [6, 6.07) is 0.631. The molecule has 94 valence electrons. The van der Waals surface area contributed by atoms with Crippen LogP contribution in [0.3, 0.4) is 0 Å². The van der Waals surface area contributed by atoms with E-state index >= 15 is 0 Å². The van der Waals surface area contributed by atoms with Gasteiger partial charge in [0, 0.05) is 12.6 Å². The molecule has 1 aliphatic heterocycles. The maximum Gasteiger partial charge on any atom is 0.0708 e. The number of hydrogen-bond acceptors (Lipinski definition) is 2. The molecule has 2 aliphatic rings. The predicted molar refractivity (Wildman–Crippen MR) is 67.7 cm³/mol. The minimum Gasteiger partial charge on any atom is -0.370 e. The second kappa shape index (κ2) is 5.50. The van der Waals surface area contributed by atoms with E-state index < -0.39 is 0 Å². The molecule has 2 nitrogen and oxygen atoms in total. The Morgan fingerprint density at radius 3 is 2.69 bits per heavy atom. The van der Waals surface area contributed by atoms with E-state index in [9.17, 15) is 0 Å². The molecule has 0 aromatic rings. The van der Waals surface area contributed by atoms with E-state index in [0.717, 1.165) is 6.54 Å². The van der Waals surface area contributed by atoms with Crippen LogP contribution in [0.15, 0.2) is 0 Å². The van der Waals surface area contributed by atoms with E-state index in [2.05, 4.69) is 19.2 Å². The van der Waals surface area contributed by atoms with Crippen molar-refractivity contribution in [3.05, 3.63) is 0 Å². The van der Waals surface area contributed by atoms with Crippen LogP contribution in [0.5, 0.6) is 0 Å². The minimum atomic E-state index is 0.292. The maximum atomic E-state index is 6.32. The first-order valence-electron chi connectivity index (χ1n) is 7.15. The molecule has 2 atom stereocenters. The summed E-state index contributed by atoms with van der Waals surface area (Å²) in [5.74, 6) is 0. The fourth-order valence-corrected chi connectivity index (χ4v) is 3.08. The molecule has 1 aliphatic carbocycles. The summed E-state index contributed by atoms with van der Waals surface area (Å²) in [5, 5.41) is 3.57. The standard InChI is InChI=1S/C14H27NO/c1-3-12(2)15-11-13-7-10-14(16-13)8-5-4-6-9-14/h12-13,15H,3-11H2,1-2H3. The average Bonchev–Trinajstić information content (AvgIpc) is 2.70. The van der Waals surface area contributed by atoms with Crippen LogP contribution in [0.1, 0.15) is 65.2 Å². The first kappa shape index (κ1) is 12.4. The summed E-state index contributed by atoms with van der Waals surface area (Å²) in [6.45, 7) is 5.54. The molecule has 0 aromatic carbocycles. The summed E-state index contributed by atoms with van der Waals surface area (Å²) >= 11 is 0. The number of nitrogens with one attached hydrogen (secondary N) is 1. The summed E-state index contributed by atoms with van der Waals surface area (Å²) < 4.78 is 6.32. The largest absolute Gasteiger partial charge is 0.370 e. The molecular weight excluding hydrogens is 198 g/mol. The summed E-state index contributed by atoms with van der Waals surface area (Å²) in [5.41, 5.74) is 0.292. The van der Waals surface area contributed by atoms with Gasteiger partial charge in [-0.1, -0.05) is 26.2 Å². The third-order valence-corrected chi connectivity index (χ3v) is 4.41. The predicted octanol–water partition coefficient (Wildman–Crippen LogP) is 3.26. The lowest BCUT2D eigenvalue weighted by atomic mass is 9.83. The molecule has 1 N–H and O–H groups in total.